The molecule has 36 heavy (non-hydrogen) atoms. The third kappa shape index (κ3) is 3.96. The van der Waals surface area contributed by atoms with Gasteiger partial charge in [0.2, 0.25) is 5.88 Å². The van der Waals surface area contributed by atoms with Crippen LogP contribution in [0.1, 0.15) is 34.0 Å². The Kier molecular flexibility index (Phi) is 5.42. The molecular formula is C27H21N5O4. The largest absolute Gasteiger partial charge is 0.508 e. The Bertz CT molecular complexity index is 1570. The maximum atomic E-state index is 10.0. The van der Waals surface area contributed by atoms with Crippen LogP contribution < -0.4 is 9.47 Å². The van der Waals surface area contributed by atoms with E-state index in [0.717, 1.165) is 28.0 Å². The molecule has 0 spiro atoms. The van der Waals surface area contributed by atoms with Gasteiger partial charge in [0.25, 0.3) is 0 Å². The highest BCUT2D eigenvalue weighted by molar-refractivity contribution is 5.79. The molecule has 0 aliphatic carbocycles. The summed E-state index contributed by atoms with van der Waals surface area (Å²) in [5.41, 5.74) is 4.25. The predicted molar refractivity (Wildman–Crippen MR) is 132 cm³/mol. The van der Waals surface area contributed by atoms with E-state index in [2.05, 4.69) is 15.2 Å². The molecule has 3 aromatic carbocycles. The van der Waals surface area contributed by atoms with Crippen molar-refractivity contribution in [1.29, 1.82) is 0 Å². The molecular weight excluding hydrogens is 458 g/mol. The van der Waals surface area contributed by atoms with Crippen molar-refractivity contribution in [2.75, 3.05) is 7.11 Å². The number of ether oxygens (including phenoxy) is 2. The van der Waals surface area contributed by atoms with Crippen molar-refractivity contribution in [1.82, 2.24) is 19.6 Å². The maximum absolute atomic E-state index is 10.0. The number of phenolic OH excluding ortho intramolecular Hbond substituents is 1. The second kappa shape index (κ2) is 9.03. The molecule has 0 saturated carbocycles. The lowest BCUT2D eigenvalue weighted by molar-refractivity contribution is 0.126. The quantitative estimate of drug-likeness (QED) is 0.273. The number of aromatic nitrogens is 4. The van der Waals surface area contributed by atoms with Gasteiger partial charge in [0, 0.05) is 17.5 Å². The van der Waals surface area contributed by atoms with E-state index < -0.39 is 0 Å². The molecule has 2 aromatic heterocycles. The van der Waals surface area contributed by atoms with Crippen molar-refractivity contribution < 1.29 is 19.4 Å². The zero-order valence-corrected chi connectivity index (χ0v) is 19.3. The summed E-state index contributed by atoms with van der Waals surface area (Å²) in [6, 6.07) is 22.6. The minimum absolute atomic E-state index is 0.0877. The van der Waals surface area contributed by atoms with E-state index in [1.165, 1.54) is 0 Å². The van der Waals surface area contributed by atoms with Gasteiger partial charge in [-0.05, 0) is 41.5 Å². The van der Waals surface area contributed by atoms with Crippen LogP contribution in [0.2, 0.25) is 0 Å². The summed E-state index contributed by atoms with van der Waals surface area (Å²) in [6.45, 7) is 0.0877. The highest BCUT2D eigenvalue weighted by Crippen LogP contribution is 2.48. The number of hydrogen-bond acceptors (Lipinski definition) is 8. The van der Waals surface area contributed by atoms with Gasteiger partial charge in [-0.3, -0.25) is 0 Å². The Hall–Kier alpha value is -4.92. The number of methoxy groups -OCH3 is 1. The number of hydrogen-bond donors (Lipinski definition) is 1. The first-order chi connectivity index (χ1) is 17.7. The first-order valence-electron chi connectivity index (χ1n) is 11.3. The first-order valence-corrected chi connectivity index (χ1v) is 11.3. The number of oxime groups is 1. The van der Waals surface area contributed by atoms with Gasteiger partial charge >= 0.3 is 0 Å². The smallest absolute Gasteiger partial charge is 0.228 e. The van der Waals surface area contributed by atoms with Gasteiger partial charge in [-0.25, -0.2) is 14.5 Å². The SMILES string of the molecule is COc1ccc(/C=N\OCc2nc3c4c(ncn3n2)Oc2cc(O)ccc2[C@@H]4c2ccccc2)cc1. The molecule has 6 rings (SSSR count). The molecule has 1 aliphatic heterocycles. The van der Waals surface area contributed by atoms with Crippen LogP contribution in [-0.2, 0) is 11.4 Å². The number of rotatable bonds is 6. The van der Waals surface area contributed by atoms with Crippen LogP contribution in [0.15, 0.2) is 84.3 Å². The molecule has 5 aromatic rings. The van der Waals surface area contributed by atoms with E-state index in [0.29, 0.717) is 23.1 Å². The van der Waals surface area contributed by atoms with Gasteiger partial charge in [-0.1, -0.05) is 41.6 Å². The number of phenols is 1. The lowest BCUT2D eigenvalue weighted by Gasteiger charge is -2.27. The fourth-order valence-corrected chi connectivity index (χ4v) is 4.28. The number of aromatic hydroxyl groups is 1. The predicted octanol–water partition coefficient (Wildman–Crippen LogP) is 4.68. The Morgan fingerprint density at radius 2 is 1.92 bits per heavy atom. The highest BCUT2D eigenvalue weighted by atomic mass is 16.6. The Morgan fingerprint density at radius 1 is 1.08 bits per heavy atom. The zero-order valence-electron chi connectivity index (χ0n) is 19.3. The lowest BCUT2D eigenvalue weighted by atomic mass is 9.84. The number of benzene rings is 3. The molecule has 9 nitrogen and oxygen atoms in total. The van der Waals surface area contributed by atoms with E-state index in [1.807, 2.05) is 60.7 Å². The third-order valence-corrected chi connectivity index (χ3v) is 5.95. The van der Waals surface area contributed by atoms with Crippen LogP contribution >= 0.6 is 0 Å². The molecule has 3 heterocycles. The lowest BCUT2D eigenvalue weighted by Crippen LogP contribution is -2.14. The molecule has 1 aliphatic rings. The fourth-order valence-electron chi connectivity index (χ4n) is 4.28. The topological polar surface area (TPSA) is 103 Å². The molecule has 0 fully saturated rings. The number of nitrogens with zero attached hydrogens (tertiary/aromatic N) is 5. The van der Waals surface area contributed by atoms with Crippen molar-refractivity contribution >= 4 is 11.9 Å². The summed E-state index contributed by atoms with van der Waals surface area (Å²) in [4.78, 5) is 14.7. The van der Waals surface area contributed by atoms with Gasteiger partial charge in [0.05, 0.1) is 18.9 Å². The average molecular weight is 479 g/mol. The average Bonchev–Trinajstić information content (AvgIpc) is 3.34. The van der Waals surface area contributed by atoms with Crippen LogP contribution in [0.5, 0.6) is 23.1 Å². The fraction of sp³-hybridized carbons (Fsp3) is 0.111. The summed E-state index contributed by atoms with van der Waals surface area (Å²) in [5.74, 6) is 2.14. The molecule has 0 unspecified atom stereocenters. The maximum Gasteiger partial charge on any atom is 0.228 e. The van der Waals surface area contributed by atoms with Crippen molar-refractivity contribution in [3.63, 3.8) is 0 Å². The Labute approximate surface area is 206 Å². The van der Waals surface area contributed by atoms with Gasteiger partial charge < -0.3 is 19.4 Å². The zero-order chi connectivity index (χ0) is 24.5. The molecule has 9 heteroatoms. The summed E-state index contributed by atoms with van der Waals surface area (Å²) >= 11 is 0. The van der Waals surface area contributed by atoms with Crippen molar-refractivity contribution in [2.45, 2.75) is 12.5 Å². The van der Waals surface area contributed by atoms with Gasteiger partial charge in [0.1, 0.15) is 23.6 Å². The van der Waals surface area contributed by atoms with Crippen molar-refractivity contribution in [3.8, 4) is 23.1 Å². The third-order valence-electron chi connectivity index (χ3n) is 5.95. The van der Waals surface area contributed by atoms with Gasteiger partial charge in [-0.2, -0.15) is 0 Å². The van der Waals surface area contributed by atoms with Gasteiger partial charge in [-0.15, -0.1) is 5.10 Å². The first kappa shape index (κ1) is 21.6. The van der Waals surface area contributed by atoms with E-state index in [4.69, 9.17) is 19.3 Å². The summed E-state index contributed by atoms with van der Waals surface area (Å²) in [5, 5.41) is 18.6. The summed E-state index contributed by atoms with van der Waals surface area (Å²) < 4.78 is 12.9. The minimum atomic E-state index is -0.201. The Balaban J connectivity index is 1.32. The highest BCUT2D eigenvalue weighted by Gasteiger charge is 2.33. The summed E-state index contributed by atoms with van der Waals surface area (Å²) in [7, 11) is 1.62. The Morgan fingerprint density at radius 3 is 2.72 bits per heavy atom. The molecule has 0 radical (unpaired) electrons. The van der Waals surface area contributed by atoms with Crippen molar-refractivity contribution in [3.05, 3.63) is 107 Å². The van der Waals surface area contributed by atoms with Crippen LogP contribution in [0.4, 0.5) is 0 Å². The van der Waals surface area contributed by atoms with Crippen LogP contribution in [0.25, 0.3) is 5.65 Å². The monoisotopic (exact) mass is 479 g/mol. The summed E-state index contributed by atoms with van der Waals surface area (Å²) in [6.07, 6.45) is 3.17. The normalized spacial score (nSPS) is 14.3. The van der Waals surface area contributed by atoms with E-state index in [1.54, 1.807) is 36.3 Å². The van der Waals surface area contributed by atoms with Crippen LogP contribution in [0.3, 0.4) is 0 Å². The van der Waals surface area contributed by atoms with Gasteiger partial charge in [0.15, 0.2) is 18.1 Å². The van der Waals surface area contributed by atoms with E-state index >= 15 is 0 Å². The van der Waals surface area contributed by atoms with E-state index in [-0.39, 0.29) is 18.3 Å². The second-order valence-corrected chi connectivity index (χ2v) is 8.21. The molecule has 1 atom stereocenters. The second-order valence-electron chi connectivity index (χ2n) is 8.21. The molecule has 178 valence electrons. The molecule has 1 N–H and O–H groups in total. The molecule has 0 bridgehead atoms. The number of fused-ring (bicyclic) bond motifs is 4. The van der Waals surface area contributed by atoms with Crippen LogP contribution in [0, 0.1) is 0 Å². The minimum Gasteiger partial charge on any atom is -0.508 e. The van der Waals surface area contributed by atoms with E-state index in [9.17, 15) is 5.11 Å². The van der Waals surface area contributed by atoms with Crippen molar-refractivity contribution in [2.24, 2.45) is 5.16 Å². The standard InChI is InChI=1S/C27H21N5O4/c1-34-20-10-7-17(8-11-20)14-29-35-15-23-30-26-25-24(18-5-3-2-4-6-18)21-12-9-19(33)13-22(21)36-27(25)28-16-32(26)31-23/h2-14,16,24,33H,15H2,1H3/b29-14-/t24-/m0/s1. The molecule has 0 amide bonds. The van der Waals surface area contributed by atoms with Crippen LogP contribution in [-0.4, -0.2) is 38.0 Å². The molecule has 0 saturated heterocycles.